The number of nitrogens with one attached hydrogen (secondary N) is 1. The SMILES string of the molecule is COC(=O)c1cc(C(C)=O)ccc1OCC(=O)NCCN(C)C(=O)OC(C)(C)C. The standard InChI is InChI=1S/C20H28N2O7/c1-13(23)14-7-8-16(15(11-14)18(25)27-6)28-12-17(24)21-9-10-22(5)19(26)29-20(2,3)4/h7-8,11H,9-10,12H2,1-6H3,(H,21,24). The normalized spacial score (nSPS) is 10.7. The number of benzene rings is 1. The maximum absolute atomic E-state index is 12.0. The van der Waals surface area contributed by atoms with Gasteiger partial charge in [-0.2, -0.15) is 0 Å². The highest BCUT2D eigenvalue weighted by atomic mass is 16.6. The van der Waals surface area contributed by atoms with Crippen LogP contribution in [0.1, 0.15) is 48.4 Å². The van der Waals surface area contributed by atoms with Gasteiger partial charge in [0.15, 0.2) is 12.4 Å². The summed E-state index contributed by atoms with van der Waals surface area (Å²) < 4.78 is 15.3. The summed E-state index contributed by atoms with van der Waals surface area (Å²) >= 11 is 0. The fourth-order valence-corrected chi connectivity index (χ4v) is 2.13. The Balaban J connectivity index is 2.57. The third-order valence-corrected chi connectivity index (χ3v) is 3.62. The van der Waals surface area contributed by atoms with Gasteiger partial charge in [0.2, 0.25) is 0 Å². The van der Waals surface area contributed by atoms with Crippen molar-refractivity contribution in [2.24, 2.45) is 0 Å². The first kappa shape index (κ1) is 23.9. The molecule has 0 fully saturated rings. The Kier molecular flexibility index (Phi) is 8.62. The molecule has 0 radical (unpaired) electrons. The molecule has 160 valence electrons. The Bertz CT molecular complexity index is 769. The van der Waals surface area contributed by atoms with E-state index in [-0.39, 0.29) is 36.8 Å². The molecule has 0 heterocycles. The Morgan fingerprint density at radius 2 is 1.79 bits per heavy atom. The van der Waals surface area contributed by atoms with Crippen LogP contribution in [-0.4, -0.2) is 68.1 Å². The van der Waals surface area contributed by atoms with Gasteiger partial charge in [0, 0.05) is 25.7 Å². The minimum Gasteiger partial charge on any atom is -0.483 e. The van der Waals surface area contributed by atoms with E-state index in [1.807, 2.05) is 0 Å². The fourth-order valence-electron chi connectivity index (χ4n) is 2.13. The maximum Gasteiger partial charge on any atom is 0.410 e. The molecule has 0 aliphatic heterocycles. The van der Waals surface area contributed by atoms with Crippen molar-refractivity contribution >= 4 is 23.8 Å². The van der Waals surface area contributed by atoms with Gasteiger partial charge in [0.05, 0.1) is 7.11 Å². The molecule has 9 heteroatoms. The fraction of sp³-hybridized carbons (Fsp3) is 0.500. The van der Waals surface area contributed by atoms with Crippen LogP contribution in [0.15, 0.2) is 18.2 Å². The number of methoxy groups -OCH3 is 1. The van der Waals surface area contributed by atoms with Crippen molar-refractivity contribution in [2.45, 2.75) is 33.3 Å². The molecule has 0 unspecified atom stereocenters. The molecular formula is C20H28N2O7. The molecule has 0 bridgehead atoms. The highest BCUT2D eigenvalue weighted by molar-refractivity contribution is 5.99. The smallest absolute Gasteiger partial charge is 0.410 e. The van der Waals surface area contributed by atoms with E-state index in [0.717, 1.165) is 0 Å². The van der Waals surface area contributed by atoms with E-state index in [4.69, 9.17) is 9.47 Å². The van der Waals surface area contributed by atoms with Gasteiger partial charge in [-0.15, -0.1) is 0 Å². The van der Waals surface area contributed by atoms with Crippen LogP contribution in [0, 0.1) is 0 Å². The molecule has 0 atom stereocenters. The maximum atomic E-state index is 12.0. The zero-order valence-corrected chi connectivity index (χ0v) is 17.7. The van der Waals surface area contributed by atoms with Gasteiger partial charge < -0.3 is 24.4 Å². The first-order valence-electron chi connectivity index (χ1n) is 9.01. The quantitative estimate of drug-likeness (QED) is 0.517. The molecule has 1 rings (SSSR count). The summed E-state index contributed by atoms with van der Waals surface area (Å²) in [6.07, 6.45) is -0.490. The van der Waals surface area contributed by atoms with Crippen LogP contribution >= 0.6 is 0 Å². The van der Waals surface area contributed by atoms with Gasteiger partial charge >= 0.3 is 12.1 Å². The van der Waals surface area contributed by atoms with E-state index in [1.165, 1.54) is 37.1 Å². The number of ether oxygens (including phenoxy) is 3. The number of hydrogen-bond acceptors (Lipinski definition) is 7. The first-order chi connectivity index (χ1) is 13.4. The monoisotopic (exact) mass is 408 g/mol. The Morgan fingerprint density at radius 1 is 1.14 bits per heavy atom. The van der Waals surface area contributed by atoms with Crippen molar-refractivity contribution in [3.63, 3.8) is 0 Å². The Labute approximate surface area is 170 Å². The number of nitrogens with zero attached hydrogens (tertiary/aromatic N) is 1. The van der Waals surface area contributed by atoms with E-state index < -0.39 is 23.6 Å². The van der Waals surface area contributed by atoms with E-state index >= 15 is 0 Å². The van der Waals surface area contributed by atoms with Crippen LogP contribution in [0.3, 0.4) is 0 Å². The number of carbonyl (C=O) groups is 4. The number of rotatable bonds is 8. The summed E-state index contributed by atoms with van der Waals surface area (Å²) in [5.41, 5.74) is -0.220. The van der Waals surface area contributed by atoms with Crippen molar-refractivity contribution in [3.05, 3.63) is 29.3 Å². The third-order valence-electron chi connectivity index (χ3n) is 3.62. The predicted octanol–water partition coefficient (Wildman–Crippen LogP) is 2.04. The summed E-state index contributed by atoms with van der Waals surface area (Å²) in [6.45, 7) is 6.78. The summed E-state index contributed by atoms with van der Waals surface area (Å²) in [4.78, 5) is 48.6. The van der Waals surface area contributed by atoms with E-state index in [0.29, 0.717) is 5.56 Å². The average Bonchev–Trinajstić information content (AvgIpc) is 2.63. The molecule has 0 aliphatic carbocycles. The minimum atomic E-state index is -0.678. The first-order valence-corrected chi connectivity index (χ1v) is 9.01. The summed E-state index contributed by atoms with van der Waals surface area (Å²) in [5.74, 6) is -1.20. The molecule has 0 saturated heterocycles. The number of esters is 1. The second kappa shape index (κ2) is 10.4. The predicted molar refractivity (Wildman–Crippen MR) is 105 cm³/mol. The van der Waals surface area contributed by atoms with Crippen LogP contribution in [-0.2, 0) is 14.3 Å². The topological polar surface area (TPSA) is 111 Å². The van der Waals surface area contributed by atoms with Crippen molar-refractivity contribution in [1.29, 1.82) is 0 Å². The third kappa shape index (κ3) is 8.20. The lowest BCUT2D eigenvalue weighted by atomic mass is 10.1. The molecule has 0 spiro atoms. The zero-order valence-electron chi connectivity index (χ0n) is 17.7. The van der Waals surface area contributed by atoms with Crippen molar-refractivity contribution in [3.8, 4) is 5.75 Å². The van der Waals surface area contributed by atoms with Crippen LogP contribution in [0.25, 0.3) is 0 Å². The molecule has 1 aromatic rings. The lowest BCUT2D eigenvalue weighted by molar-refractivity contribution is -0.123. The van der Waals surface area contributed by atoms with Crippen molar-refractivity contribution < 1.29 is 33.4 Å². The number of likely N-dealkylation sites (N-methyl/N-ethyl adjacent to an activating group) is 1. The van der Waals surface area contributed by atoms with Gasteiger partial charge in [-0.05, 0) is 45.9 Å². The molecule has 1 aromatic carbocycles. The second-order valence-corrected chi connectivity index (χ2v) is 7.30. The lowest BCUT2D eigenvalue weighted by Crippen LogP contribution is -2.40. The van der Waals surface area contributed by atoms with E-state index in [2.05, 4.69) is 10.1 Å². The number of hydrogen-bond donors (Lipinski definition) is 1. The number of ketones is 1. The van der Waals surface area contributed by atoms with Crippen molar-refractivity contribution in [2.75, 3.05) is 33.9 Å². The number of amides is 2. The van der Waals surface area contributed by atoms with Gasteiger partial charge in [-0.1, -0.05) is 0 Å². The molecule has 1 N–H and O–H groups in total. The molecule has 9 nitrogen and oxygen atoms in total. The lowest BCUT2D eigenvalue weighted by Gasteiger charge is -2.24. The Hall–Kier alpha value is -3.10. The minimum absolute atomic E-state index is 0.0534. The molecule has 29 heavy (non-hydrogen) atoms. The number of Topliss-reactive ketones (excluding diaryl/α,β-unsaturated/α-hetero) is 1. The van der Waals surface area contributed by atoms with Gasteiger partial charge in [0.25, 0.3) is 5.91 Å². The van der Waals surface area contributed by atoms with Gasteiger partial charge in [0.1, 0.15) is 16.9 Å². The molecule has 2 amide bonds. The van der Waals surface area contributed by atoms with E-state index in [9.17, 15) is 19.2 Å². The molecule has 0 saturated carbocycles. The zero-order chi connectivity index (χ0) is 22.2. The summed E-state index contributed by atoms with van der Waals surface area (Å²) in [7, 11) is 2.77. The number of carbonyl (C=O) groups excluding carboxylic acids is 4. The van der Waals surface area contributed by atoms with Gasteiger partial charge in [-0.25, -0.2) is 9.59 Å². The van der Waals surface area contributed by atoms with Crippen LogP contribution in [0.5, 0.6) is 5.75 Å². The highest BCUT2D eigenvalue weighted by Crippen LogP contribution is 2.21. The Morgan fingerprint density at radius 3 is 2.34 bits per heavy atom. The van der Waals surface area contributed by atoms with Crippen molar-refractivity contribution in [1.82, 2.24) is 10.2 Å². The second-order valence-electron chi connectivity index (χ2n) is 7.30. The average molecular weight is 408 g/mol. The summed E-state index contributed by atoms with van der Waals surface area (Å²) in [6, 6.07) is 4.29. The van der Waals surface area contributed by atoms with E-state index in [1.54, 1.807) is 27.8 Å². The van der Waals surface area contributed by atoms with Crippen LogP contribution in [0.2, 0.25) is 0 Å². The highest BCUT2D eigenvalue weighted by Gasteiger charge is 2.20. The van der Waals surface area contributed by atoms with Gasteiger partial charge in [-0.3, -0.25) is 9.59 Å². The van der Waals surface area contributed by atoms with Crippen LogP contribution in [0.4, 0.5) is 4.79 Å². The molecular weight excluding hydrogens is 380 g/mol. The molecule has 0 aromatic heterocycles. The molecule has 0 aliphatic rings. The largest absolute Gasteiger partial charge is 0.483 e. The summed E-state index contributed by atoms with van der Waals surface area (Å²) in [5, 5.41) is 2.61. The van der Waals surface area contributed by atoms with Crippen LogP contribution < -0.4 is 10.1 Å².